The molecule has 108 valence electrons. The average Bonchev–Trinajstić information content (AvgIpc) is 2.87. The second-order valence-electron chi connectivity index (χ2n) is 4.59. The number of rotatable bonds is 5. The second kappa shape index (κ2) is 5.64. The van der Waals surface area contributed by atoms with Crippen LogP contribution < -0.4 is 10.5 Å². The summed E-state index contributed by atoms with van der Waals surface area (Å²) in [5, 5.41) is 4.02. The minimum Gasteiger partial charge on any atom is -0.398 e. The van der Waals surface area contributed by atoms with Crippen LogP contribution in [0.2, 0.25) is 0 Å². The van der Waals surface area contributed by atoms with Crippen molar-refractivity contribution in [1.29, 1.82) is 0 Å². The van der Waals surface area contributed by atoms with E-state index in [0.717, 1.165) is 0 Å². The van der Waals surface area contributed by atoms with E-state index in [4.69, 9.17) is 5.73 Å². The van der Waals surface area contributed by atoms with Crippen molar-refractivity contribution in [2.75, 3.05) is 12.3 Å². The molecule has 1 aromatic heterocycles. The van der Waals surface area contributed by atoms with Gasteiger partial charge in [-0.15, -0.1) is 0 Å². The van der Waals surface area contributed by atoms with Crippen molar-refractivity contribution >= 4 is 15.7 Å². The fraction of sp³-hybridized carbons (Fsp3) is 0.308. The molecule has 0 aliphatic carbocycles. The third-order valence-corrected chi connectivity index (χ3v) is 4.86. The molecule has 0 unspecified atom stereocenters. The number of aromatic nitrogens is 2. The van der Waals surface area contributed by atoms with Gasteiger partial charge in [0.1, 0.15) is 0 Å². The molecule has 0 bridgehead atoms. The zero-order valence-electron chi connectivity index (χ0n) is 11.5. The van der Waals surface area contributed by atoms with Gasteiger partial charge in [0.15, 0.2) is 0 Å². The highest BCUT2D eigenvalue weighted by atomic mass is 32.2. The fourth-order valence-corrected chi connectivity index (χ4v) is 3.57. The quantitative estimate of drug-likeness (QED) is 0.807. The molecular weight excluding hydrogens is 276 g/mol. The normalized spacial score (nSPS) is 11.7. The summed E-state index contributed by atoms with van der Waals surface area (Å²) >= 11 is 0. The number of sulfonamides is 1. The van der Waals surface area contributed by atoms with Crippen LogP contribution in [0.4, 0.5) is 5.69 Å². The molecule has 0 saturated heterocycles. The van der Waals surface area contributed by atoms with Gasteiger partial charge in [-0.1, -0.05) is 6.07 Å². The first-order chi connectivity index (χ1) is 9.42. The van der Waals surface area contributed by atoms with Gasteiger partial charge in [-0.25, -0.2) is 13.1 Å². The lowest BCUT2D eigenvalue weighted by Crippen LogP contribution is -2.29. The molecular formula is C13H18N4O2S. The maximum atomic E-state index is 12.4. The first kappa shape index (κ1) is 14.5. The molecule has 0 aliphatic rings. The van der Waals surface area contributed by atoms with Crippen LogP contribution in [0.1, 0.15) is 11.1 Å². The highest BCUT2D eigenvalue weighted by Gasteiger charge is 2.20. The molecule has 1 aromatic carbocycles. The Morgan fingerprint density at radius 1 is 1.35 bits per heavy atom. The lowest BCUT2D eigenvalue weighted by molar-refractivity contribution is 0.560. The van der Waals surface area contributed by atoms with E-state index in [0.29, 0.717) is 23.4 Å². The molecule has 0 spiro atoms. The molecule has 6 nitrogen and oxygen atoms in total. The van der Waals surface area contributed by atoms with Gasteiger partial charge >= 0.3 is 0 Å². The predicted octanol–water partition coefficient (Wildman–Crippen LogP) is 1.06. The Bertz CT molecular complexity index is 693. The van der Waals surface area contributed by atoms with Crippen molar-refractivity contribution in [3.8, 4) is 0 Å². The summed E-state index contributed by atoms with van der Waals surface area (Å²) in [6.07, 6.45) is 3.44. The van der Waals surface area contributed by atoms with Crippen LogP contribution in [0.5, 0.6) is 0 Å². The first-order valence-corrected chi connectivity index (χ1v) is 7.73. The van der Waals surface area contributed by atoms with E-state index >= 15 is 0 Å². The number of anilines is 1. The summed E-state index contributed by atoms with van der Waals surface area (Å²) in [6, 6.07) is 5.22. The van der Waals surface area contributed by atoms with Gasteiger partial charge in [0.2, 0.25) is 10.0 Å². The molecule has 7 heteroatoms. The predicted molar refractivity (Wildman–Crippen MR) is 77.7 cm³/mol. The maximum absolute atomic E-state index is 12.4. The van der Waals surface area contributed by atoms with Crippen LogP contribution in [-0.4, -0.2) is 24.7 Å². The molecule has 0 saturated carbocycles. The summed E-state index contributed by atoms with van der Waals surface area (Å²) in [7, 11) is -3.57. The number of nitrogens with two attached hydrogens (primary N) is 1. The summed E-state index contributed by atoms with van der Waals surface area (Å²) in [5.74, 6) is 0. The Morgan fingerprint density at radius 2 is 2.10 bits per heavy atom. The fourth-order valence-electron chi connectivity index (χ4n) is 2.06. The lowest BCUT2D eigenvalue weighted by Gasteiger charge is -2.13. The Kier molecular flexibility index (Phi) is 4.10. The van der Waals surface area contributed by atoms with E-state index in [2.05, 4.69) is 9.82 Å². The SMILES string of the molecule is Cc1ccc(N)c(C)c1S(=O)(=O)NCCn1cccn1. The molecule has 2 rings (SSSR count). The highest BCUT2D eigenvalue weighted by Crippen LogP contribution is 2.24. The number of nitrogens with one attached hydrogen (secondary N) is 1. The van der Waals surface area contributed by atoms with Crippen molar-refractivity contribution in [3.05, 3.63) is 41.7 Å². The summed E-state index contributed by atoms with van der Waals surface area (Å²) in [5.41, 5.74) is 7.52. The number of benzene rings is 1. The molecule has 0 fully saturated rings. The van der Waals surface area contributed by atoms with Gasteiger partial charge in [0.05, 0.1) is 11.4 Å². The molecule has 0 radical (unpaired) electrons. The second-order valence-corrected chi connectivity index (χ2v) is 6.30. The summed E-state index contributed by atoms with van der Waals surface area (Å²) in [4.78, 5) is 0.262. The largest absolute Gasteiger partial charge is 0.398 e. The molecule has 0 amide bonds. The standard InChI is InChI=1S/C13H18N4O2S/c1-10-4-5-12(14)11(2)13(10)20(18,19)16-7-9-17-8-3-6-15-17/h3-6,8,16H,7,9,14H2,1-2H3. The summed E-state index contributed by atoms with van der Waals surface area (Å²) in [6.45, 7) is 4.23. The topological polar surface area (TPSA) is 90.0 Å². The summed E-state index contributed by atoms with van der Waals surface area (Å²) < 4.78 is 29.0. The van der Waals surface area contributed by atoms with E-state index < -0.39 is 10.0 Å². The smallest absolute Gasteiger partial charge is 0.241 e. The van der Waals surface area contributed by atoms with Gasteiger partial charge in [0.25, 0.3) is 0 Å². The van der Waals surface area contributed by atoms with Crippen LogP contribution in [0.15, 0.2) is 35.5 Å². The van der Waals surface area contributed by atoms with Crippen LogP contribution in [0.25, 0.3) is 0 Å². The van der Waals surface area contributed by atoms with Crippen LogP contribution in [0, 0.1) is 13.8 Å². The van der Waals surface area contributed by atoms with E-state index in [9.17, 15) is 8.42 Å². The van der Waals surface area contributed by atoms with Crippen molar-refractivity contribution < 1.29 is 8.42 Å². The van der Waals surface area contributed by atoms with E-state index in [1.165, 1.54) is 0 Å². The van der Waals surface area contributed by atoms with Gasteiger partial charge in [-0.05, 0) is 37.1 Å². The van der Waals surface area contributed by atoms with Crippen LogP contribution in [0.3, 0.4) is 0 Å². The minimum absolute atomic E-state index is 0.262. The third-order valence-electron chi connectivity index (χ3n) is 3.11. The van der Waals surface area contributed by atoms with E-state index in [1.54, 1.807) is 49.1 Å². The van der Waals surface area contributed by atoms with Crippen molar-refractivity contribution in [2.24, 2.45) is 0 Å². The number of hydrogen-bond donors (Lipinski definition) is 2. The Hall–Kier alpha value is -1.86. The molecule has 20 heavy (non-hydrogen) atoms. The highest BCUT2D eigenvalue weighted by molar-refractivity contribution is 7.89. The van der Waals surface area contributed by atoms with Gasteiger partial charge in [-0.3, -0.25) is 4.68 Å². The Labute approximate surface area is 118 Å². The first-order valence-electron chi connectivity index (χ1n) is 6.24. The molecule has 0 atom stereocenters. The van der Waals surface area contributed by atoms with E-state index in [-0.39, 0.29) is 11.4 Å². The van der Waals surface area contributed by atoms with Crippen molar-refractivity contribution in [3.63, 3.8) is 0 Å². The molecule has 3 N–H and O–H groups in total. The Balaban J connectivity index is 2.16. The zero-order valence-corrected chi connectivity index (χ0v) is 12.3. The Morgan fingerprint density at radius 3 is 2.75 bits per heavy atom. The van der Waals surface area contributed by atoms with Gasteiger partial charge in [0, 0.05) is 24.6 Å². The number of hydrogen-bond acceptors (Lipinski definition) is 4. The number of aryl methyl sites for hydroxylation is 1. The van der Waals surface area contributed by atoms with E-state index in [1.807, 2.05) is 0 Å². The maximum Gasteiger partial charge on any atom is 0.241 e. The molecule has 1 heterocycles. The van der Waals surface area contributed by atoms with Crippen LogP contribution in [-0.2, 0) is 16.6 Å². The molecule has 2 aromatic rings. The van der Waals surface area contributed by atoms with Gasteiger partial charge < -0.3 is 5.73 Å². The number of nitrogens with zero attached hydrogens (tertiary/aromatic N) is 2. The van der Waals surface area contributed by atoms with Crippen molar-refractivity contribution in [1.82, 2.24) is 14.5 Å². The average molecular weight is 294 g/mol. The number of nitrogen functional groups attached to an aromatic ring is 1. The van der Waals surface area contributed by atoms with Crippen LogP contribution >= 0.6 is 0 Å². The lowest BCUT2D eigenvalue weighted by atomic mass is 10.1. The monoisotopic (exact) mass is 294 g/mol. The third kappa shape index (κ3) is 3.00. The van der Waals surface area contributed by atoms with Gasteiger partial charge in [-0.2, -0.15) is 5.10 Å². The van der Waals surface area contributed by atoms with Crippen molar-refractivity contribution in [2.45, 2.75) is 25.3 Å². The zero-order chi connectivity index (χ0) is 14.8. The molecule has 0 aliphatic heterocycles. The minimum atomic E-state index is -3.57.